The molecule has 0 radical (unpaired) electrons. The second kappa shape index (κ2) is 4.68. The summed E-state index contributed by atoms with van der Waals surface area (Å²) < 4.78 is 15.5. The van der Waals surface area contributed by atoms with Crippen LogP contribution in [0, 0.1) is 5.82 Å². The normalized spacial score (nSPS) is 13.7. The molecular formula is C13H8BrFN2O2S. The van der Waals surface area contributed by atoms with Crippen LogP contribution in [-0.4, -0.2) is 9.67 Å². The molecule has 1 aliphatic rings. The van der Waals surface area contributed by atoms with Crippen molar-refractivity contribution in [2.45, 2.75) is 0 Å². The smallest absolute Gasteiger partial charge is 0.310 e. The molecule has 2 aromatic rings. The Morgan fingerprint density at radius 2 is 2.30 bits per heavy atom. The number of thiazole rings is 1. The average molecular weight is 355 g/mol. The molecule has 0 saturated heterocycles. The van der Waals surface area contributed by atoms with Crippen molar-refractivity contribution in [1.82, 2.24) is 4.57 Å². The van der Waals surface area contributed by atoms with Crippen molar-refractivity contribution in [2.75, 3.05) is 0 Å². The van der Waals surface area contributed by atoms with E-state index in [4.69, 9.17) is 0 Å². The monoisotopic (exact) mass is 354 g/mol. The van der Waals surface area contributed by atoms with Gasteiger partial charge in [0.15, 0.2) is 5.82 Å². The largest absolute Gasteiger partial charge is 0.493 e. The van der Waals surface area contributed by atoms with E-state index in [0.29, 0.717) is 21.0 Å². The maximum Gasteiger partial charge on any atom is 0.310 e. The van der Waals surface area contributed by atoms with Gasteiger partial charge < -0.3 is 5.11 Å². The van der Waals surface area contributed by atoms with Gasteiger partial charge in [-0.2, -0.15) is 0 Å². The van der Waals surface area contributed by atoms with Crippen LogP contribution in [0.3, 0.4) is 0 Å². The van der Waals surface area contributed by atoms with Gasteiger partial charge in [-0.25, -0.2) is 4.39 Å². The highest BCUT2D eigenvalue weighted by molar-refractivity contribution is 9.10. The van der Waals surface area contributed by atoms with Crippen LogP contribution in [-0.2, 0) is 7.05 Å². The Balaban J connectivity index is 2.31. The Bertz CT molecular complexity index is 927. The highest BCUT2D eigenvalue weighted by Crippen LogP contribution is 2.20. The van der Waals surface area contributed by atoms with Gasteiger partial charge >= 0.3 is 4.87 Å². The van der Waals surface area contributed by atoms with Crippen molar-refractivity contribution in [3.05, 3.63) is 53.2 Å². The number of hydrogen-bond donors (Lipinski definition) is 1. The van der Waals surface area contributed by atoms with Gasteiger partial charge in [0.1, 0.15) is 5.36 Å². The fourth-order valence-electron chi connectivity index (χ4n) is 1.91. The second-order valence-electron chi connectivity index (χ2n) is 4.24. The molecule has 1 aliphatic heterocycles. The molecule has 3 rings (SSSR count). The second-order valence-corrected chi connectivity index (χ2v) is 6.02. The Morgan fingerprint density at radius 1 is 1.55 bits per heavy atom. The number of nitrogens with zero attached hydrogens (tertiary/aromatic N) is 2. The van der Waals surface area contributed by atoms with Gasteiger partial charge in [0.2, 0.25) is 5.88 Å². The van der Waals surface area contributed by atoms with Gasteiger partial charge in [-0.1, -0.05) is 11.3 Å². The summed E-state index contributed by atoms with van der Waals surface area (Å²) in [4.78, 5) is 15.5. The lowest BCUT2D eigenvalue weighted by molar-refractivity contribution is 0.428. The van der Waals surface area contributed by atoms with Crippen molar-refractivity contribution in [3.8, 4) is 5.88 Å². The molecule has 20 heavy (non-hydrogen) atoms. The van der Waals surface area contributed by atoms with E-state index in [2.05, 4.69) is 20.9 Å². The summed E-state index contributed by atoms with van der Waals surface area (Å²) in [7, 11) is 1.48. The van der Waals surface area contributed by atoms with Crippen molar-refractivity contribution in [2.24, 2.45) is 12.0 Å². The van der Waals surface area contributed by atoms with Crippen molar-refractivity contribution in [1.29, 1.82) is 0 Å². The molecule has 4 nitrogen and oxygen atoms in total. The summed E-state index contributed by atoms with van der Waals surface area (Å²) in [5.41, 5.74) is 0.666. The summed E-state index contributed by atoms with van der Waals surface area (Å²) in [5, 5.41) is 10.7. The van der Waals surface area contributed by atoms with Crippen molar-refractivity contribution in [3.63, 3.8) is 0 Å². The minimum absolute atomic E-state index is 0.131. The quantitative estimate of drug-likeness (QED) is 0.843. The van der Waals surface area contributed by atoms with Gasteiger partial charge in [-0.05, 0) is 39.4 Å². The van der Waals surface area contributed by atoms with E-state index in [-0.39, 0.29) is 15.2 Å². The summed E-state index contributed by atoms with van der Waals surface area (Å²) in [6, 6.07) is 1.75. The number of aromatic hydroxyl groups is 1. The lowest BCUT2D eigenvalue weighted by Gasteiger charge is -1.99. The molecule has 0 amide bonds. The summed E-state index contributed by atoms with van der Waals surface area (Å²) in [6.45, 7) is 0. The number of fused-ring (bicyclic) bond motifs is 1. The topological polar surface area (TPSA) is 54.6 Å². The lowest BCUT2D eigenvalue weighted by Crippen LogP contribution is -2.18. The number of benzene rings is 1. The predicted molar refractivity (Wildman–Crippen MR) is 78.7 cm³/mol. The molecule has 1 N–H and O–H groups in total. The zero-order valence-electron chi connectivity index (χ0n) is 10.2. The summed E-state index contributed by atoms with van der Waals surface area (Å²) in [5.74, 6) is -0.588. The van der Waals surface area contributed by atoms with Gasteiger partial charge in [0.05, 0.1) is 9.35 Å². The molecule has 1 aromatic heterocycles. The molecule has 0 unspecified atom stereocenters. The Morgan fingerprint density at radius 3 is 2.95 bits per heavy atom. The third-order valence-corrected chi connectivity index (χ3v) is 4.77. The first-order valence-electron chi connectivity index (χ1n) is 5.62. The predicted octanol–water partition coefficient (Wildman–Crippen LogP) is 1.49. The maximum atomic E-state index is 14.1. The molecule has 7 heteroatoms. The molecule has 1 aromatic carbocycles. The number of halogens is 2. The van der Waals surface area contributed by atoms with Crippen molar-refractivity contribution >= 4 is 39.4 Å². The molecule has 102 valence electrons. The zero-order chi connectivity index (χ0) is 14.4. The molecule has 0 bridgehead atoms. The molecule has 0 fully saturated rings. The SMILES string of the molecule is Cn1c(O)c(/C=c2\cc3c(c(F)c2Br)=NC=C3)sc1=O. The Hall–Kier alpha value is -1.73. The number of hydrogen-bond acceptors (Lipinski definition) is 4. The van der Waals surface area contributed by atoms with Crippen LogP contribution in [0.5, 0.6) is 5.88 Å². The van der Waals surface area contributed by atoms with Crippen LogP contribution >= 0.6 is 27.3 Å². The highest BCUT2D eigenvalue weighted by atomic mass is 79.9. The molecular weight excluding hydrogens is 347 g/mol. The zero-order valence-corrected chi connectivity index (χ0v) is 12.6. The number of rotatable bonds is 1. The molecule has 0 saturated carbocycles. The Labute approximate surface area is 125 Å². The maximum absolute atomic E-state index is 14.1. The van der Waals surface area contributed by atoms with Gasteiger partial charge in [0.25, 0.3) is 0 Å². The first-order chi connectivity index (χ1) is 9.49. The van der Waals surface area contributed by atoms with E-state index in [9.17, 15) is 14.3 Å². The van der Waals surface area contributed by atoms with E-state index >= 15 is 0 Å². The van der Waals surface area contributed by atoms with Gasteiger partial charge in [-0.3, -0.25) is 14.4 Å². The van der Waals surface area contributed by atoms with Crippen molar-refractivity contribution < 1.29 is 9.50 Å². The number of aromatic nitrogens is 1. The first kappa shape index (κ1) is 13.3. The van der Waals surface area contributed by atoms with Gasteiger partial charge in [0, 0.05) is 18.8 Å². The summed E-state index contributed by atoms with van der Waals surface area (Å²) in [6.07, 6.45) is 4.80. The fraction of sp³-hybridized carbons (Fsp3) is 0.0769. The van der Waals surface area contributed by atoms with E-state index < -0.39 is 5.82 Å². The minimum Gasteiger partial charge on any atom is -0.493 e. The van der Waals surface area contributed by atoms with Crippen LogP contribution < -0.4 is 15.4 Å². The third kappa shape index (κ3) is 1.94. The standard InChI is InChI=1S/C13H8BrFN2O2S/c1-17-12(18)8(20-13(17)19)5-7-4-6-2-3-16-11(6)10(15)9(7)14/h2-5,18H,1H3/b7-5+. The molecule has 0 aliphatic carbocycles. The summed E-state index contributed by atoms with van der Waals surface area (Å²) >= 11 is 4.09. The van der Waals surface area contributed by atoms with Crippen LogP contribution in [0.15, 0.2) is 26.5 Å². The van der Waals surface area contributed by atoms with E-state index in [1.165, 1.54) is 13.2 Å². The molecule has 0 atom stereocenters. The van der Waals surface area contributed by atoms with Crippen LogP contribution in [0.1, 0.15) is 10.4 Å². The molecule has 2 heterocycles. The lowest BCUT2D eigenvalue weighted by atomic mass is 10.1. The highest BCUT2D eigenvalue weighted by Gasteiger charge is 2.13. The minimum atomic E-state index is -0.457. The average Bonchev–Trinajstić information content (AvgIpc) is 2.97. The van der Waals surface area contributed by atoms with E-state index in [1.54, 1.807) is 18.2 Å². The molecule has 0 spiro atoms. The third-order valence-electron chi connectivity index (χ3n) is 2.99. The van der Waals surface area contributed by atoms with Gasteiger partial charge in [-0.15, -0.1) is 0 Å². The Kier molecular flexibility index (Phi) is 3.10. The van der Waals surface area contributed by atoms with E-state index in [1.807, 2.05) is 0 Å². The fourth-order valence-corrected chi connectivity index (χ4v) is 3.15. The van der Waals surface area contributed by atoms with E-state index in [0.717, 1.165) is 15.9 Å². The van der Waals surface area contributed by atoms with Crippen LogP contribution in [0.2, 0.25) is 0 Å². The van der Waals surface area contributed by atoms with Crippen LogP contribution in [0.4, 0.5) is 4.39 Å². The van der Waals surface area contributed by atoms with Crippen LogP contribution in [0.25, 0.3) is 12.2 Å². The first-order valence-corrected chi connectivity index (χ1v) is 7.23.